The van der Waals surface area contributed by atoms with Gasteiger partial charge < -0.3 is 14.6 Å². The average molecular weight is 315 g/mol. The molecule has 0 radical (unpaired) electrons. The molecule has 2 aromatic heterocycles. The first-order chi connectivity index (χ1) is 11.2. The summed E-state index contributed by atoms with van der Waals surface area (Å²) in [4.78, 5) is 32.9. The van der Waals surface area contributed by atoms with Crippen LogP contribution in [0.3, 0.4) is 0 Å². The number of carbonyl (C=O) groups is 2. The van der Waals surface area contributed by atoms with Gasteiger partial charge in [-0.3, -0.25) is 9.59 Å². The van der Waals surface area contributed by atoms with Gasteiger partial charge in [-0.1, -0.05) is 0 Å². The van der Waals surface area contributed by atoms with Gasteiger partial charge in [0.1, 0.15) is 5.65 Å². The molecule has 2 aromatic rings. The number of amides is 1. The van der Waals surface area contributed by atoms with Crippen LogP contribution in [0.2, 0.25) is 0 Å². The van der Waals surface area contributed by atoms with Crippen molar-refractivity contribution in [3.63, 3.8) is 0 Å². The van der Waals surface area contributed by atoms with Gasteiger partial charge in [0, 0.05) is 43.7 Å². The van der Waals surface area contributed by atoms with E-state index in [-0.39, 0.29) is 17.8 Å². The van der Waals surface area contributed by atoms with Gasteiger partial charge in [-0.15, -0.1) is 0 Å². The Morgan fingerprint density at radius 3 is 3.17 bits per heavy atom. The van der Waals surface area contributed by atoms with Crippen LogP contribution >= 0.6 is 0 Å². The predicted molar refractivity (Wildman–Crippen MR) is 85.7 cm³/mol. The second-order valence-corrected chi connectivity index (χ2v) is 5.98. The van der Waals surface area contributed by atoms with Crippen molar-refractivity contribution in [2.45, 2.75) is 25.7 Å². The molecule has 6 nitrogen and oxygen atoms in total. The smallest absolute Gasteiger partial charge is 0.305 e. The van der Waals surface area contributed by atoms with Crippen LogP contribution in [0.1, 0.15) is 24.8 Å². The summed E-state index contributed by atoms with van der Waals surface area (Å²) in [6, 6.07) is 3.96. The number of esters is 1. The molecule has 1 fully saturated rings. The van der Waals surface area contributed by atoms with Crippen LogP contribution in [0.15, 0.2) is 24.5 Å². The number of aromatic amines is 1. The topological polar surface area (TPSA) is 75.3 Å². The summed E-state index contributed by atoms with van der Waals surface area (Å²) in [6.07, 6.45) is 6.16. The van der Waals surface area contributed by atoms with E-state index in [1.54, 1.807) is 6.20 Å². The quantitative estimate of drug-likeness (QED) is 0.855. The first kappa shape index (κ1) is 15.5. The Kier molecular flexibility index (Phi) is 4.60. The molecule has 0 bridgehead atoms. The number of piperidine rings is 1. The van der Waals surface area contributed by atoms with Crippen LogP contribution in [-0.2, 0) is 20.7 Å². The molecule has 1 N–H and O–H groups in total. The first-order valence-corrected chi connectivity index (χ1v) is 7.93. The van der Waals surface area contributed by atoms with Crippen molar-refractivity contribution in [3.05, 3.63) is 30.1 Å². The van der Waals surface area contributed by atoms with Crippen molar-refractivity contribution in [1.82, 2.24) is 14.9 Å². The maximum absolute atomic E-state index is 12.3. The number of aromatic nitrogens is 2. The van der Waals surface area contributed by atoms with E-state index in [2.05, 4.69) is 14.7 Å². The second kappa shape index (κ2) is 6.81. The number of nitrogens with zero attached hydrogens (tertiary/aromatic N) is 2. The lowest BCUT2D eigenvalue weighted by molar-refractivity contribution is -0.143. The number of hydrogen-bond acceptors (Lipinski definition) is 4. The third kappa shape index (κ3) is 3.52. The summed E-state index contributed by atoms with van der Waals surface area (Å²) < 4.78 is 4.68. The Bertz CT molecular complexity index is 710. The number of rotatable bonds is 5. The molecule has 1 atom stereocenters. The Morgan fingerprint density at radius 2 is 2.39 bits per heavy atom. The molecule has 1 unspecified atom stereocenters. The van der Waals surface area contributed by atoms with Crippen LogP contribution < -0.4 is 0 Å². The number of methoxy groups -OCH3 is 1. The fourth-order valence-corrected chi connectivity index (χ4v) is 3.15. The number of nitrogens with one attached hydrogen (secondary N) is 1. The zero-order valence-electron chi connectivity index (χ0n) is 13.2. The minimum Gasteiger partial charge on any atom is -0.469 e. The van der Waals surface area contributed by atoms with Gasteiger partial charge in [-0.25, -0.2) is 4.98 Å². The fraction of sp³-hybridized carbons (Fsp3) is 0.471. The normalized spacial score (nSPS) is 18.4. The zero-order chi connectivity index (χ0) is 16.2. The fourth-order valence-electron chi connectivity index (χ4n) is 3.15. The third-order valence-electron chi connectivity index (χ3n) is 4.49. The van der Waals surface area contributed by atoms with Crippen LogP contribution in [0.4, 0.5) is 0 Å². The van der Waals surface area contributed by atoms with Crippen LogP contribution in [-0.4, -0.2) is 46.9 Å². The molecule has 1 aliphatic heterocycles. The first-order valence-electron chi connectivity index (χ1n) is 7.93. The van der Waals surface area contributed by atoms with Gasteiger partial charge in [0.05, 0.1) is 7.11 Å². The van der Waals surface area contributed by atoms with E-state index in [1.165, 1.54) is 12.7 Å². The monoisotopic (exact) mass is 315 g/mol. The molecular weight excluding hydrogens is 294 g/mol. The maximum atomic E-state index is 12.3. The molecule has 0 saturated carbocycles. The van der Waals surface area contributed by atoms with Crippen molar-refractivity contribution in [2.75, 3.05) is 20.2 Å². The number of hydrogen-bond donors (Lipinski definition) is 1. The summed E-state index contributed by atoms with van der Waals surface area (Å²) >= 11 is 0. The molecule has 122 valence electrons. The SMILES string of the molecule is COC(=O)CC1CCN(CCc2c[nH]c3ncccc23)C(=O)C1. The lowest BCUT2D eigenvalue weighted by Crippen LogP contribution is -2.40. The lowest BCUT2D eigenvalue weighted by Gasteiger charge is -2.31. The maximum Gasteiger partial charge on any atom is 0.305 e. The molecule has 1 aliphatic rings. The molecule has 0 aliphatic carbocycles. The lowest BCUT2D eigenvalue weighted by atomic mass is 9.93. The summed E-state index contributed by atoms with van der Waals surface area (Å²) in [5, 5.41) is 1.11. The van der Waals surface area contributed by atoms with Crippen LogP contribution in [0, 0.1) is 5.92 Å². The number of H-pyrrole nitrogens is 1. The number of likely N-dealkylation sites (tertiary alicyclic amines) is 1. The highest BCUT2D eigenvalue weighted by atomic mass is 16.5. The average Bonchev–Trinajstić information content (AvgIpc) is 2.97. The molecule has 6 heteroatoms. The van der Waals surface area contributed by atoms with Crippen molar-refractivity contribution in [2.24, 2.45) is 5.92 Å². The van der Waals surface area contributed by atoms with Gasteiger partial charge in [0.25, 0.3) is 0 Å². The highest BCUT2D eigenvalue weighted by Gasteiger charge is 2.27. The van der Waals surface area contributed by atoms with E-state index in [1.807, 2.05) is 23.2 Å². The highest BCUT2D eigenvalue weighted by Crippen LogP contribution is 2.23. The van der Waals surface area contributed by atoms with E-state index in [0.29, 0.717) is 25.9 Å². The van der Waals surface area contributed by atoms with E-state index in [9.17, 15) is 9.59 Å². The van der Waals surface area contributed by atoms with Gasteiger partial charge in [0.15, 0.2) is 0 Å². The van der Waals surface area contributed by atoms with Gasteiger partial charge in [-0.2, -0.15) is 0 Å². The van der Waals surface area contributed by atoms with Crippen molar-refractivity contribution in [1.29, 1.82) is 0 Å². The standard InChI is InChI=1S/C17H21N3O3/c1-23-16(22)10-12-4-7-20(15(21)9-12)8-5-13-11-19-17-14(13)3-2-6-18-17/h2-3,6,11-12H,4-5,7-10H2,1H3,(H,18,19). The van der Waals surface area contributed by atoms with Crippen molar-refractivity contribution < 1.29 is 14.3 Å². The number of carbonyl (C=O) groups excluding carboxylic acids is 2. The Hall–Kier alpha value is -2.37. The summed E-state index contributed by atoms with van der Waals surface area (Å²) in [5.74, 6) is 0.00847. The van der Waals surface area contributed by atoms with Crippen LogP contribution in [0.25, 0.3) is 11.0 Å². The van der Waals surface area contributed by atoms with E-state index in [4.69, 9.17) is 0 Å². The number of fused-ring (bicyclic) bond motifs is 1. The van der Waals surface area contributed by atoms with Gasteiger partial charge in [-0.05, 0) is 36.5 Å². The molecule has 1 saturated heterocycles. The zero-order valence-corrected chi connectivity index (χ0v) is 13.2. The Morgan fingerprint density at radius 1 is 1.52 bits per heavy atom. The predicted octanol–water partition coefficient (Wildman–Crippen LogP) is 1.91. The molecule has 3 heterocycles. The number of pyridine rings is 1. The van der Waals surface area contributed by atoms with Gasteiger partial charge in [0.2, 0.25) is 5.91 Å². The second-order valence-electron chi connectivity index (χ2n) is 5.98. The molecular formula is C17H21N3O3. The minimum atomic E-state index is -0.234. The molecule has 0 aromatic carbocycles. The van der Waals surface area contributed by atoms with Crippen LogP contribution in [0.5, 0.6) is 0 Å². The molecule has 3 rings (SSSR count). The van der Waals surface area contributed by atoms with E-state index >= 15 is 0 Å². The number of ether oxygens (including phenoxy) is 1. The summed E-state index contributed by atoms with van der Waals surface area (Å²) in [6.45, 7) is 1.41. The largest absolute Gasteiger partial charge is 0.469 e. The van der Waals surface area contributed by atoms with E-state index in [0.717, 1.165) is 23.9 Å². The molecule has 1 amide bonds. The molecule has 23 heavy (non-hydrogen) atoms. The van der Waals surface area contributed by atoms with Gasteiger partial charge >= 0.3 is 5.97 Å². The third-order valence-corrected chi connectivity index (χ3v) is 4.49. The highest BCUT2D eigenvalue weighted by molar-refractivity contribution is 5.80. The summed E-state index contributed by atoms with van der Waals surface area (Å²) in [7, 11) is 1.38. The minimum absolute atomic E-state index is 0.114. The van der Waals surface area contributed by atoms with E-state index < -0.39 is 0 Å². The Labute approximate surface area is 134 Å². The van der Waals surface area contributed by atoms with Crippen molar-refractivity contribution >= 4 is 22.9 Å². The Balaban J connectivity index is 1.55. The summed E-state index contributed by atoms with van der Waals surface area (Å²) in [5.41, 5.74) is 2.06. The van der Waals surface area contributed by atoms with Crippen molar-refractivity contribution in [3.8, 4) is 0 Å². The molecule has 0 spiro atoms.